The highest BCUT2D eigenvalue weighted by molar-refractivity contribution is 5.95. The van der Waals surface area contributed by atoms with Crippen molar-refractivity contribution in [2.45, 2.75) is 13.3 Å². The molecule has 0 radical (unpaired) electrons. The molecule has 3 aromatic rings. The van der Waals surface area contributed by atoms with Crippen LogP contribution in [0.1, 0.15) is 27.2 Å². The Morgan fingerprint density at radius 2 is 1.94 bits per heavy atom. The second-order valence-corrected chi connectivity index (χ2v) is 7.22. The lowest BCUT2D eigenvalue weighted by Crippen LogP contribution is -2.33. The second-order valence-electron chi connectivity index (χ2n) is 7.22. The molecule has 3 rings (SSSR count). The van der Waals surface area contributed by atoms with Crippen molar-refractivity contribution in [3.8, 4) is 5.75 Å². The fourth-order valence-electron chi connectivity index (χ4n) is 3.30. The largest absolute Gasteiger partial charge is 0.496 e. The number of carbonyl (C=O) groups is 1. The van der Waals surface area contributed by atoms with Gasteiger partial charge in [0.1, 0.15) is 5.75 Å². The maximum Gasteiger partial charge on any atom is 0.273 e. The molecule has 7 heteroatoms. The average molecular weight is 431 g/mol. The molecule has 0 unspecified atom stereocenters. The van der Waals surface area contributed by atoms with Crippen LogP contribution in [-0.2, 0) is 6.42 Å². The van der Waals surface area contributed by atoms with E-state index in [2.05, 4.69) is 4.98 Å². The zero-order valence-corrected chi connectivity index (χ0v) is 18.1. The van der Waals surface area contributed by atoms with Crippen molar-refractivity contribution in [1.82, 2.24) is 9.88 Å². The van der Waals surface area contributed by atoms with Gasteiger partial charge in [-0.3, -0.25) is 19.9 Å². The number of nitrogens with zero attached hydrogens (tertiary/aromatic N) is 3. The molecule has 1 amide bonds. The van der Waals surface area contributed by atoms with E-state index in [0.29, 0.717) is 25.1 Å². The molecule has 0 N–H and O–H groups in total. The number of aryl methyl sites for hydroxylation is 1. The number of benzene rings is 2. The quantitative estimate of drug-likeness (QED) is 0.362. The number of ether oxygens (including phenoxy) is 1. The van der Waals surface area contributed by atoms with Gasteiger partial charge in [-0.1, -0.05) is 42.5 Å². The highest BCUT2D eigenvalue weighted by Crippen LogP contribution is 2.21. The third-order valence-corrected chi connectivity index (χ3v) is 5.07. The minimum atomic E-state index is -0.466. The Morgan fingerprint density at radius 1 is 1.16 bits per heavy atom. The van der Waals surface area contributed by atoms with Gasteiger partial charge in [-0.2, -0.15) is 0 Å². The van der Waals surface area contributed by atoms with Crippen molar-refractivity contribution in [3.05, 3.63) is 105 Å². The number of nitro benzene ring substituents is 1. The lowest BCUT2D eigenvalue weighted by atomic mass is 10.1. The standard InChI is InChI=1S/C25H25N3O4/c1-19-12-13-21(18-23(19)28(30)31)25(29)27(17-14-22-10-5-6-15-26-22)16-7-9-20-8-3-4-11-24(20)32-2/h3-13,15,18H,14,16-17H2,1-2H3/b9-7+. The summed E-state index contributed by atoms with van der Waals surface area (Å²) in [5.41, 5.74) is 2.51. The Bertz CT molecular complexity index is 1110. The molecule has 0 spiro atoms. The Morgan fingerprint density at radius 3 is 2.66 bits per heavy atom. The summed E-state index contributed by atoms with van der Waals surface area (Å²) in [5, 5.41) is 11.3. The maximum atomic E-state index is 13.2. The van der Waals surface area contributed by atoms with E-state index < -0.39 is 4.92 Å². The summed E-state index contributed by atoms with van der Waals surface area (Å²) >= 11 is 0. The number of para-hydroxylation sites is 1. The van der Waals surface area contributed by atoms with Crippen LogP contribution < -0.4 is 4.74 Å². The third-order valence-electron chi connectivity index (χ3n) is 5.07. The number of carbonyl (C=O) groups excluding carboxylic acids is 1. The van der Waals surface area contributed by atoms with Crippen LogP contribution in [0.15, 0.2) is 72.9 Å². The first kappa shape index (κ1) is 22.7. The number of rotatable bonds is 9. The molecule has 0 bridgehead atoms. The number of methoxy groups -OCH3 is 1. The Hall–Kier alpha value is -4.00. The van der Waals surface area contributed by atoms with E-state index in [4.69, 9.17) is 4.74 Å². The number of aromatic nitrogens is 1. The van der Waals surface area contributed by atoms with Crippen LogP contribution in [0.25, 0.3) is 6.08 Å². The van der Waals surface area contributed by atoms with Gasteiger partial charge in [-0.25, -0.2) is 0 Å². The summed E-state index contributed by atoms with van der Waals surface area (Å²) in [6, 6.07) is 17.8. The highest BCUT2D eigenvalue weighted by atomic mass is 16.6. The van der Waals surface area contributed by atoms with Gasteiger partial charge in [-0.05, 0) is 31.2 Å². The van der Waals surface area contributed by atoms with Crippen molar-refractivity contribution in [2.75, 3.05) is 20.2 Å². The molecule has 1 aromatic heterocycles. The van der Waals surface area contributed by atoms with Crippen LogP contribution in [0, 0.1) is 17.0 Å². The molecule has 0 fully saturated rings. The van der Waals surface area contributed by atoms with Gasteiger partial charge in [0.25, 0.3) is 11.6 Å². The molecular weight excluding hydrogens is 406 g/mol. The minimum Gasteiger partial charge on any atom is -0.496 e. The monoisotopic (exact) mass is 431 g/mol. The zero-order valence-electron chi connectivity index (χ0n) is 18.1. The molecular formula is C25H25N3O4. The van der Waals surface area contributed by atoms with Gasteiger partial charge >= 0.3 is 0 Å². The Labute approximate surface area is 187 Å². The summed E-state index contributed by atoms with van der Waals surface area (Å²) < 4.78 is 5.37. The summed E-state index contributed by atoms with van der Waals surface area (Å²) in [6.45, 7) is 2.42. The van der Waals surface area contributed by atoms with Gasteiger partial charge < -0.3 is 9.64 Å². The minimum absolute atomic E-state index is 0.0647. The summed E-state index contributed by atoms with van der Waals surface area (Å²) in [7, 11) is 1.61. The number of amides is 1. The number of nitro groups is 1. The fourth-order valence-corrected chi connectivity index (χ4v) is 3.30. The van der Waals surface area contributed by atoms with Crippen LogP contribution in [0.4, 0.5) is 5.69 Å². The number of hydrogen-bond donors (Lipinski definition) is 0. The van der Waals surface area contributed by atoms with E-state index in [9.17, 15) is 14.9 Å². The van der Waals surface area contributed by atoms with Crippen molar-refractivity contribution in [1.29, 1.82) is 0 Å². The average Bonchev–Trinajstić information content (AvgIpc) is 2.82. The van der Waals surface area contributed by atoms with Gasteiger partial charge in [0.05, 0.1) is 12.0 Å². The van der Waals surface area contributed by atoms with Crippen molar-refractivity contribution >= 4 is 17.7 Å². The first-order valence-corrected chi connectivity index (χ1v) is 10.2. The highest BCUT2D eigenvalue weighted by Gasteiger charge is 2.19. The van der Waals surface area contributed by atoms with E-state index in [1.807, 2.05) is 54.6 Å². The lowest BCUT2D eigenvalue weighted by molar-refractivity contribution is -0.385. The first-order valence-electron chi connectivity index (χ1n) is 10.2. The second kappa shape index (κ2) is 10.9. The smallest absolute Gasteiger partial charge is 0.273 e. The molecule has 7 nitrogen and oxygen atoms in total. The number of pyridine rings is 1. The predicted octanol–water partition coefficient (Wildman–Crippen LogP) is 4.71. The van der Waals surface area contributed by atoms with Crippen LogP contribution in [0.5, 0.6) is 5.75 Å². The summed E-state index contributed by atoms with van der Waals surface area (Å²) in [5.74, 6) is 0.470. The molecule has 0 aliphatic carbocycles. The predicted molar refractivity (Wildman–Crippen MR) is 124 cm³/mol. The van der Waals surface area contributed by atoms with Crippen molar-refractivity contribution in [3.63, 3.8) is 0 Å². The van der Waals surface area contributed by atoms with Crippen molar-refractivity contribution < 1.29 is 14.5 Å². The summed E-state index contributed by atoms with van der Waals surface area (Å²) in [4.78, 5) is 30.1. The van der Waals surface area contributed by atoms with Crippen LogP contribution in [-0.4, -0.2) is 40.9 Å². The number of hydrogen-bond acceptors (Lipinski definition) is 5. The van der Waals surface area contributed by atoms with E-state index >= 15 is 0 Å². The SMILES string of the molecule is COc1ccccc1/C=C/CN(CCc1ccccn1)C(=O)c1ccc(C)c([N+](=O)[O-])c1. The Balaban J connectivity index is 1.82. The van der Waals surface area contributed by atoms with E-state index in [-0.39, 0.29) is 17.2 Å². The zero-order chi connectivity index (χ0) is 22.9. The molecule has 32 heavy (non-hydrogen) atoms. The molecule has 2 aromatic carbocycles. The Kier molecular flexibility index (Phi) is 7.70. The van der Waals surface area contributed by atoms with Gasteiger partial charge in [0, 0.05) is 54.2 Å². The van der Waals surface area contributed by atoms with Crippen LogP contribution >= 0.6 is 0 Å². The summed E-state index contributed by atoms with van der Waals surface area (Å²) in [6.07, 6.45) is 6.07. The first-order chi connectivity index (χ1) is 15.5. The van der Waals surface area contributed by atoms with Crippen molar-refractivity contribution in [2.24, 2.45) is 0 Å². The third kappa shape index (κ3) is 5.78. The van der Waals surface area contributed by atoms with Crippen LogP contribution in [0.3, 0.4) is 0 Å². The lowest BCUT2D eigenvalue weighted by Gasteiger charge is -2.21. The van der Waals surface area contributed by atoms with Gasteiger partial charge in [0.2, 0.25) is 0 Å². The van der Waals surface area contributed by atoms with E-state index in [1.54, 1.807) is 37.3 Å². The van der Waals surface area contributed by atoms with E-state index in [0.717, 1.165) is 17.0 Å². The molecule has 0 saturated carbocycles. The topological polar surface area (TPSA) is 85.6 Å². The maximum absolute atomic E-state index is 13.2. The molecule has 0 aliphatic heterocycles. The van der Waals surface area contributed by atoms with E-state index in [1.165, 1.54) is 6.07 Å². The van der Waals surface area contributed by atoms with Gasteiger partial charge in [-0.15, -0.1) is 0 Å². The molecule has 1 heterocycles. The van der Waals surface area contributed by atoms with Crippen LogP contribution in [0.2, 0.25) is 0 Å². The fraction of sp³-hybridized carbons (Fsp3) is 0.200. The molecule has 0 aliphatic rings. The molecule has 164 valence electrons. The molecule has 0 atom stereocenters. The normalized spacial score (nSPS) is 10.8. The van der Waals surface area contributed by atoms with Gasteiger partial charge in [0.15, 0.2) is 0 Å². The molecule has 0 saturated heterocycles.